The largest absolute Gasteiger partial charge is 0.493 e. The number of aromatic nitrogens is 2. The van der Waals surface area contributed by atoms with Gasteiger partial charge in [0.1, 0.15) is 12.3 Å². The number of carbonyl (C=O) groups is 1. The van der Waals surface area contributed by atoms with Gasteiger partial charge in [0.25, 0.3) is 5.91 Å². The van der Waals surface area contributed by atoms with Crippen molar-refractivity contribution in [1.29, 1.82) is 0 Å². The average Bonchev–Trinajstić information content (AvgIpc) is 2.74. The minimum absolute atomic E-state index is 0.192. The number of hydrogen-bond donors (Lipinski definition) is 1. The molecule has 0 aliphatic rings. The van der Waals surface area contributed by atoms with Gasteiger partial charge in [-0.1, -0.05) is 30.3 Å². The highest BCUT2D eigenvalue weighted by Gasteiger charge is 2.07. The summed E-state index contributed by atoms with van der Waals surface area (Å²) in [6, 6.07) is 15.3. The Morgan fingerprint density at radius 1 is 1.15 bits per heavy atom. The van der Waals surface area contributed by atoms with Gasteiger partial charge in [-0.2, -0.15) is 5.10 Å². The molecule has 1 amide bonds. The summed E-state index contributed by atoms with van der Waals surface area (Å²) < 4.78 is 11.2. The fourth-order valence-corrected chi connectivity index (χ4v) is 2.26. The molecule has 3 rings (SSSR count). The summed E-state index contributed by atoms with van der Waals surface area (Å²) in [6.45, 7) is 0.443. The van der Waals surface area contributed by atoms with E-state index in [0.29, 0.717) is 18.1 Å². The van der Waals surface area contributed by atoms with Crippen molar-refractivity contribution in [3.8, 4) is 11.5 Å². The van der Waals surface area contributed by atoms with Gasteiger partial charge in [-0.25, -0.2) is 10.4 Å². The minimum Gasteiger partial charge on any atom is -0.493 e. The van der Waals surface area contributed by atoms with E-state index in [-0.39, 0.29) is 5.69 Å². The van der Waals surface area contributed by atoms with Gasteiger partial charge in [-0.05, 0) is 29.3 Å². The van der Waals surface area contributed by atoms with Crippen molar-refractivity contribution in [3.63, 3.8) is 0 Å². The maximum atomic E-state index is 11.9. The van der Waals surface area contributed by atoms with Crippen LogP contribution in [0.25, 0.3) is 0 Å². The number of rotatable bonds is 7. The third-order valence-electron chi connectivity index (χ3n) is 3.60. The van der Waals surface area contributed by atoms with Gasteiger partial charge >= 0.3 is 0 Å². The lowest BCUT2D eigenvalue weighted by Crippen LogP contribution is -2.19. The normalized spacial score (nSPS) is 10.6. The summed E-state index contributed by atoms with van der Waals surface area (Å²) in [5.41, 5.74) is 4.41. The molecule has 3 aromatic rings. The fraction of sp³-hybridized carbons (Fsp3) is 0.100. The highest BCUT2D eigenvalue weighted by atomic mass is 16.5. The molecule has 0 fully saturated rings. The Bertz CT molecular complexity index is 915. The van der Waals surface area contributed by atoms with Crippen LogP contribution in [0.15, 0.2) is 72.2 Å². The maximum Gasteiger partial charge on any atom is 0.291 e. The molecule has 0 aliphatic heterocycles. The molecule has 1 aromatic heterocycles. The first-order chi connectivity index (χ1) is 13.3. The van der Waals surface area contributed by atoms with Gasteiger partial charge in [0, 0.05) is 12.4 Å². The van der Waals surface area contributed by atoms with Crippen LogP contribution < -0.4 is 14.9 Å². The number of nitrogens with zero attached hydrogens (tertiary/aromatic N) is 3. The lowest BCUT2D eigenvalue weighted by atomic mass is 10.2. The molecule has 0 aliphatic carbocycles. The van der Waals surface area contributed by atoms with Gasteiger partial charge in [0.05, 0.1) is 19.5 Å². The lowest BCUT2D eigenvalue weighted by Gasteiger charge is -2.11. The number of benzene rings is 2. The number of ether oxygens (including phenoxy) is 2. The summed E-state index contributed by atoms with van der Waals surface area (Å²) in [6.07, 6.45) is 5.82. The minimum atomic E-state index is -0.436. The molecule has 2 aromatic carbocycles. The van der Waals surface area contributed by atoms with E-state index in [4.69, 9.17) is 9.47 Å². The van der Waals surface area contributed by atoms with Crippen LogP contribution in [0.3, 0.4) is 0 Å². The topological polar surface area (TPSA) is 85.7 Å². The van der Waals surface area contributed by atoms with Crippen LogP contribution in [-0.4, -0.2) is 29.2 Å². The molecular weight excluding hydrogens is 344 g/mol. The molecule has 27 heavy (non-hydrogen) atoms. The first kappa shape index (κ1) is 18.1. The molecule has 0 atom stereocenters. The molecule has 0 saturated heterocycles. The predicted octanol–water partition coefficient (Wildman–Crippen LogP) is 2.83. The number of amides is 1. The average molecular weight is 362 g/mol. The zero-order valence-electron chi connectivity index (χ0n) is 14.7. The molecule has 7 nitrogen and oxygen atoms in total. The highest BCUT2D eigenvalue weighted by molar-refractivity contribution is 5.92. The van der Waals surface area contributed by atoms with Crippen molar-refractivity contribution in [2.45, 2.75) is 6.61 Å². The zero-order chi connectivity index (χ0) is 18.9. The SMILES string of the molecule is COc1cc(/C=N\NC(=O)c2cnccn2)ccc1OCc1ccccc1. The number of carbonyl (C=O) groups excluding carboxylic acids is 1. The van der Waals surface area contributed by atoms with Crippen molar-refractivity contribution >= 4 is 12.1 Å². The van der Waals surface area contributed by atoms with Crippen molar-refractivity contribution in [2.24, 2.45) is 5.10 Å². The van der Waals surface area contributed by atoms with E-state index in [1.165, 1.54) is 24.8 Å². The Morgan fingerprint density at radius 3 is 2.74 bits per heavy atom. The number of nitrogens with one attached hydrogen (secondary N) is 1. The number of methoxy groups -OCH3 is 1. The molecular formula is C20H18N4O3. The van der Waals surface area contributed by atoms with Gasteiger partial charge in [-0.3, -0.25) is 9.78 Å². The van der Waals surface area contributed by atoms with Crippen molar-refractivity contribution in [3.05, 3.63) is 83.9 Å². The molecule has 0 radical (unpaired) electrons. The summed E-state index contributed by atoms with van der Waals surface area (Å²) in [7, 11) is 1.57. The third kappa shape index (κ3) is 5.12. The number of hydrogen-bond acceptors (Lipinski definition) is 6. The van der Waals surface area contributed by atoms with E-state index in [1.54, 1.807) is 19.2 Å². The van der Waals surface area contributed by atoms with Crippen LogP contribution in [0.5, 0.6) is 11.5 Å². The van der Waals surface area contributed by atoms with E-state index in [0.717, 1.165) is 11.1 Å². The third-order valence-corrected chi connectivity index (χ3v) is 3.60. The standard InChI is InChI=1S/C20H18N4O3/c1-26-19-11-16(12-23-24-20(25)17-13-21-9-10-22-17)7-8-18(19)27-14-15-5-3-2-4-6-15/h2-13H,14H2,1H3,(H,24,25)/b23-12-. The van der Waals surface area contributed by atoms with E-state index >= 15 is 0 Å². The highest BCUT2D eigenvalue weighted by Crippen LogP contribution is 2.28. The molecule has 1 N–H and O–H groups in total. The van der Waals surface area contributed by atoms with Crippen LogP contribution in [-0.2, 0) is 6.61 Å². The second-order valence-corrected chi connectivity index (χ2v) is 5.47. The summed E-state index contributed by atoms with van der Waals surface area (Å²) in [5, 5.41) is 3.93. The molecule has 0 unspecified atom stereocenters. The van der Waals surface area contributed by atoms with Crippen LogP contribution in [0.2, 0.25) is 0 Å². The lowest BCUT2D eigenvalue weighted by molar-refractivity contribution is 0.0949. The van der Waals surface area contributed by atoms with E-state index in [9.17, 15) is 4.79 Å². The first-order valence-electron chi connectivity index (χ1n) is 8.20. The van der Waals surface area contributed by atoms with Gasteiger partial charge in [0.15, 0.2) is 11.5 Å². The van der Waals surface area contributed by atoms with E-state index in [2.05, 4.69) is 20.5 Å². The molecule has 0 bridgehead atoms. The van der Waals surface area contributed by atoms with E-state index in [1.807, 2.05) is 36.4 Å². The van der Waals surface area contributed by atoms with Gasteiger partial charge < -0.3 is 9.47 Å². The summed E-state index contributed by atoms with van der Waals surface area (Å²) >= 11 is 0. The maximum absolute atomic E-state index is 11.9. The fourth-order valence-electron chi connectivity index (χ4n) is 2.26. The predicted molar refractivity (Wildman–Crippen MR) is 101 cm³/mol. The van der Waals surface area contributed by atoms with E-state index < -0.39 is 5.91 Å². The van der Waals surface area contributed by atoms with Crippen molar-refractivity contribution in [2.75, 3.05) is 7.11 Å². The molecule has 136 valence electrons. The first-order valence-corrected chi connectivity index (χ1v) is 8.20. The monoisotopic (exact) mass is 362 g/mol. The Hall–Kier alpha value is -3.74. The quantitative estimate of drug-likeness (QED) is 0.516. The van der Waals surface area contributed by atoms with Crippen LogP contribution in [0.1, 0.15) is 21.6 Å². The molecule has 7 heteroatoms. The molecule has 1 heterocycles. The van der Waals surface area contributed by atoms with Crippen LogP contribution >= 0.6 is 0 Å². The van der Waals surface area contributed by atoms with Gasteiger partial charge in [0.2, 0.25) is 0 Å². The Labute approximate surface area is 156 Å². The summed E-state index contributed by atoms with van der Waals surface area (Å²) in [5.74, 6) is 0.770. The Balaban J connectivity index is 1.62. The zero-order valence-corrected chi connectivity index (χ0v) is 14.7. The second kappa shape index (κ2) is 9.10. The van der Waals surface area contributed by atoms with Crippen LogP contribution in [0, 0.1) is 0 Å². The smallest absolute Gasteiger partial charge is 0.291 e. The molecule has 0 saturated carbocycles. The molecule has 0 spiro atoms. The van der Waals surface area contributed by atoms with Crippen molar-refractivity contribution in [1.82, 2.24) is 15.4 Å². The summed E-state index contributed by atoms with van der Waals surface area (Å²) in [4.78, 5) is 19.6. The van der Waals surface area contributed by atoms with Gasteiger partial charge in [-0.15, -0.1) is 0 Å². The Morgan fingerprint density at radius 2 is 2.00 bits per heavy atom. The van der Waals surface area contributed by atoms with Crippen molar-refractivity contribution < 1.29 is 14.3 Å². The second-order valence-electron chi connectivity index (χ2n) is 5.47. The Kier molecular flexibility index (Phi) is 6.08. The van der Waals surface area contributed by atoms with Crippen LogP contribution in [0.4, 0.5) is 0 Å². The number of hydrazone groups is 1.